The molecule has 0 amide bonds. The Labute approximate surface area is 732 Å². The number of hydrogen-bond acceptors (Lipinski definition) is 10. The van der Waals surface area contributed by atoms with Crippen LogP contribution < -0.4 is 0 Å². The van der Waals surface area contributed by atoms with Crippen LogP contribution in [-0.2, 0) is 76.0 Å². The Morgan fingerprint density at radius 3 is 1.08 bits per heavy atom. The lowest BCUT2D eigenvalue weighted by Gasteiger charge is -2.32. The van der Waals surface area contributed by atoms with E-state index in [0.29, 0.717) is 0 Å². The molecule has 6 aliphatic rings. The molecule has 8 aromatic carbocycles. The van der Waals surface area contributed by atoms with Crippen molar-refractivity contribution in [1.82, 2.24) is 76.2 Å². The highest BCUT2D eigenvalue weighted by atomic mass is 15.1. The topological polar surface area (TPSA) is 155 Å². The molecular formula is C111H94N16. The maximum absolute atomic E-state index is 4.98. The molecule has 6 aliphatic heterocycles. The molecule has 0 bridgehead atoms. The quantitative estimate of drug-likeness (QED) is 0.134. The molecule has 0 saturated heterocycles. The van der Waals surface area contributed by atoms with Crippen LogP contribution in [0.4, 0.5) is 0 Å². The van der Waals surface area contributed by atoms with Crippen LogP contribution in [-0.4, -0.2) is 76.2 Å². The van der Waals surface area contributed by atoms with Crippen molar-refractivity contribution in [2.75, 3.05) is 0 Å². The lowest BCUT2D eigenvalue weighted by Crippen LogP contribution is -2.28. The van der Waals surface area contributed by atoms with Crippen LogP contribution >= 0.6 is 0 Å². The third kappa shape index (κ3) is 10.7. The SMILES string of the molecule is Cc1nc2c3ccccc3c3c(C)ccc4c3n2c1C(C)(C)C4.Cc1nc2c3ccccc3c3c(C)ccc4c3n2c1CC4.Cc1nc2c3ccccc3c3c(C)ncc4c3n2c1CC4.Cc1nc2c3ccccc3c3nccc4c3n2c1CC4.Cc1nc2c3cccnc3c3c(C)ccc4c3n2c1CC4.Cc1nc2c3ccncc3c3c(C)ccc4c3n2c1CC4. The zero-order valence-electron chi connectivity index (χ0n) is 74.0. The van der Waals surface area contributed by atoms with Gasteiger partial charge < -0.3 is 0 Å². The van der Waals surface area contributed by atoms with Crippen molar-refractivity contribution in [1.29, 1.82) is 0 Å². The molecule has 22 heterocycles. The summed E-state index contributed by atoms with van der Waals surface area (Å²) in [5.74, 6) is 0. The summed E-state index contributed by atoms with van der Waals surface area (Å²) >= 11 is 0. The molecular weight excluding hydrogens is 1560 g/mol. The van der Waals surface area contributed by atoms with Gasteiger partial charge in [-0.15, -0.1) is 0 Å². The van der Waals surface area contributed by atoms with Crippen LogP contribution in [0.1, 0.15) is 144 Å². The van der Waals surface area contributed by atoms with Crippen molar-refractivity contribution in [3.8, 4) is 0 Å². The summed E-state index contributed by atoms with van der Waals surface area (Å²) in [7, 11) is 0. The van der Waals surface area contributed by atoms with Crippen molar-refractivity contribution >= 4 is 164 Å². The van der Waals surface area contributed by atoms with Gasteiger partial charge in [0.2, 0.25) is 0 Å². The van der Waals surface area contributed by atoms with E-state index in [1.807, 2.05) is 37.1 Å². The number of rotatable bonds is 0. The number of hydrogen-bond donors (Lipinski definition) is 0. The molecule has 0 radical (unpaired) electrons. The average Bonchev–Trinajstić information content (AvgIpc) is 1.59. The van der Waals surface area contributed by atoms with Crippen LogP contribution in [0.3, 0.4) is 0 Å². The van der Waals surface area contributed by atoms with Crippen molar-refractivity contribution in [2.24, 2.45) is 0 Å². The molecule has 0 saturated carbocycles. The minimum Gasteiger partial charge on any atom is -0.296 e. The number of aromatic nitrogens is 16. The van der Waals surface area contributed by atoms with Crippen molar-refractivity contribution in [3.63, 3.8) is 0 Å². The Morgan fingerprint density at radius 1 is 0.236 bits per heavy atom. The Morgan fingerprint density at radius 2 is 0.583 bits per heavy atom. The Bertz CT molecular complexity index is 8370. The minimum atomic E-state index is 0.112. The molecule has 0 fully saturated rings. The summed E-state index contributed by atoms with van der Waals surface area (Å²) < 4.78 is 14.3. The molecule has 0 unspecified atom stereocenters. The Balaban J connectivity index is 0.0000000829. The smallest absolute Gasteiger partial charge is 0.147 e. The highest BCUT2D eigenvalue weighted by Crippen LogP contribution is 2.47. The van der Waals surface area contributed by atoms with Crippen LogP contribution in [0, 0.1) is 76.2 Å². The summed E-state index contributed by atoms with van der Waals surface area (Å²) in [6, 6.07) is 61.0. The van der Waals surface area contributed by atoms with Gasteiger partial charge in [0.25, 0.3) is 0 Å². The average molecular weight is 1650 g/mol. The van der Waals surface area contributed by atoms with Crippen LogP contribution in [0.25, 0.3) is 164 Å². The fourth-order valence-electron chi connectivity index (χ4n) is 23.6. The summed E-state index contributed by atoms with van der Waals surface area (Å²) in [6.45, 7) is 28.4. The van der Waals surface area contributed by atoms with Crippen molar-refractivity contribution in [3.05, 3.63) is 330 Å². The van der Waals surface area contributed by atoms with Gasteiger partial charge in [-0.3, -0.25) is 46.3 Å². The maximum Gasteiger partial charge on any atom is 0.147 e. The second kappa shape index (κ2) is 27.6. The normalized spacial score (nSPS) is 14.2. The molecule has 618 valence electrons. The molecule has 16 aromatic heterocycles. The standard InChI is InChI=1S/C21H20N2.C19H16N2.3C18H15N3.C17H13N3/c1-12-9-10-14-11-21(3,4)19-13(2)22-20-16-8-6-5-7-15(16)17(12)18(14)23(19)20;1-11-7-8-13-9-10-16-12(2)20-19-15-6-4-3-5-14(15)17(11)18(13)21(16)19;1-10-3-4-12-5-6-15-11(2)20-18-13-7-8-19-9-14(13)16(10)17(12)21(15)18;1-10-5-6-12-7-8-14-11(2)20-18-13-4-3-9-19-16(13)15(10)17(12)21(14)18;1-10-15-8-7-12-9-19-11(2)16-13-5-3-4-6-14(13)18(20-10)21(15)17(12)16;1-10-14-7-6-11-8-9-18-15-12-4-2-3-5-13(12)17(19-10)20(14)16(11)15/h5-10H,11H2,1-4H3;3-8H,9-10H2,1-2H3;3-4,7-9H,5-6H2,1-2H3;2*3-6,9H,7-8H2,1-2H3;2-5,8-9H,6-7H2,1H3. The number of nitrogens with zero attached hydrogens (tertiary/aromatic N) is 16. The summed E-state index contributed by atoms with van der Waals surface area (Å²) in [5, 5.41) is 20.3. The lowest BCUT2D eigenvalue weighted by atomic mass is 9.78. The van der Waals surface area contributed by atoms with Crippen LogP contribution in [0.5, 0.6) is 0 Å². The molecule has 0 atom stereocenters. The summed E-state index contributed by atoms with van der Waals surface area (Å²) in [6.07, 6.45) is 21.6. The third-order valence-electron chi connectivity index (χ3n) is 29.2. The van der Waals surface area contributed by atoms with Gasteiger partial charge in [0, 0.05) is 141 Å². The van der Waals surface area contributed by atoms with Gasteiger partial charge in [-0.05, 0) is 243 Å². The van der Waals surface area contributed by atoms with Gasteiger partial charge in [0.05, 0.1) is 84.0 Å². The molecule has 16 heteroatoms. The summed E-state index contributed by atoms with van der Waals surface area (Å²) in [5.41, 5.74) is 46.9. The van der Waals surface area contributed by atoms with Gasteiger partial charge in [-0.2, -0.15) is 0 Å². The highest BCUT2D eigenvalue weighted by Gasteiger charge is 2.36. The summed E-state index contributed by atoms with van der Waals surface area (Å²) in [4.78, 5) is 47.6. The predicted molar refractivity (Wildman–Crippen MR) is 518 cm³/mol. The maximum atomic E-state index is 4.98. The number of imidazole rings is 6. The fourth-order valence-corrected chi connectivity index (χ4v) is 23.6. The molecule has 30 rings (SSSR count). The molecule has 0 spiro atoms. The van der Waals surface area contributed by atoms with E-state index in [1.54, 1.807) is 0 Å². The van der Waals surface area contributed by atoms with Crippen LogP contribution in [0.15, 0.2) is 201 Å². The van der Waals surface area contributed by atoms with E-state index in [4.69, 9.17) is 29.9 Å². The molecule has 127 heavy (non-hydrogen) atoms. The van der Waals surface area contributed by atoms with E-state index in [1.165, 1.54) is 215 Å². The number of benzene rings is 8. The van der Waals surface area contributed by atoms with Gasteiger partial charge in [0.15, 0.2) is 0 Å². The highest BCUT2D eigenvalue weighted by molar-refractivity contribution is 6.19. The Kier molecular flexibility index (Phi) is 16.3. The van der Waals surface area contributed by atoms with E-state index in [9.17, 15) is 0 Å². The first-order valence-corrected chi connectivity index (χ1v) is 45.1. The Hall–Kier alpha value is -14.4. The van der Waals surface area contributed by atoms with E-state index in [0.717, 1.165) is 149 Å². The van der Waals surface area contributed by atoms with Crippen molar-refractivity contribution in [2.45, 2.75) is 166 Å². The zero-order valence-corrected chi connectivity index (χ0v) is 74.0. The van der Waals surface area contributed by atoms with Gasteiger partial charge in [-0.1, -0.05) is 159 Å². The van der Waals surface area contributed by atoms with Gasteiger partial charge >= 0.3 is 0 Å². The third-order valence-corrected chi connectivity index (χ3v) is 29.2. The monoisotopic (exact) mass is 1650 g/mol. The fraction of sp³-hybridized carbons (Fsp3) is 0.225. The first-order chi connectivity index (χ1) is 61.8. The largest absolute Gasteiger partial charge is 0.296 e. The minimum absolute atomic E-state index is 0.112. The molecule has 0 N–H and O–H groups in total. The number of fused-ring (bicyclic) bond motifs is 18. The zero-order chi connectivity index (χ0) is 85.7. The van der Waals surface area contributed by atoms with Crippen LogP contribution in [0.2, 0.25) is 0 Å². The van der Waals surface area contributed by atoms with Crippen molar-refractivity contribution < 1.29 is 0 Å². The van der Waals surface area contributed by atoms with E-state index in [-0.39, 0.29) is 5.41 Å². The van der Waals surface area contributed by atoms with E-state index in [2.05, 4.69) is 300 Å². The molecule has 16 nitrogen and oxygen atoms in total. The second-order valence-corrected chi connectivity index (χ2v) is 37.1. The van der Waals surface area contributed by atoms with Gasteiger partial charge in [-0.25, -0.2) is 29.9 Å². The van der Waals surface area contributed by atoms with E-state index >= 15 is 0 Å². The van der Waals surface area contributed by atoms with Gasteiger partial charge in [0.1, 0.15) is 33.9 Å². The second-order valence-electron chi connectivity index (χ2n) is 37.1. The van der Waals surface area contributed by atoms with E-state index < -0.39 is 0 Å². The number of pyridine rings is 10. The first-order valence-electron chi connectivity index (χ1n) is 45.1. The molecule has 0 aliphatic carbocycles. The number of aryl methyl sites for hydroxylation is 21. The molecule has 24 aromatic rings. The lowest BCUT2D eigenvalue weighted by molar-refractivity contribution is 0.491. The predicted octanol–water partition coefficient (Wildman–Crippen LogP) is 24.1. The first kappa shape index (κ1) is 75.2.